The van der Waals surface area contributed by atoms with Crippen LogP contribution in [0, 0.1) is 0 Å². The summed E-state index contributed by atoms with van der Waals surface area (Å²) in [5.74, 6) is -0.474. The van der Waals surface area contributed by atoms with Crippen LogP contribution < -0.4 is 5.32 Å². The summed E-state index contributed by atoms with van der Waals surface area (Å²) in [4.78, 5) is 26.2. The summed E-state index contributed by atoms with van der Waals surface area (Å²) in [5, 5.41) is 23.8. The standard InChI is InChI=1S/C58H109NO5/c1-4-7-10-13-16-19-22-24-26-27-28-29-31-33-36-39-42-45-48-51-58(63)64-54(49-46-43-40-37-35-32-30-25-23-20-17-14-11-8-5-2)52-57(62)59-55(53-60)56(61)50-47-44-41-38-34-21-18-15-12-9-6-3/h16,19,24-26,30,54-56,60-61H,4-15,17-18,20-23,27-29,31-53H2,1-3H3,(H,59,62)/b19-16-,26-24-,30-25+. The summed E-state index contributed by atoms with van der Waals surface area (Å²) in [7, 11) is 0. The molecule has 64 heavy (non-hydrogen) atoms. The zero-order chi connectivity index (χ0) is 46.7. The molecule has 3 unspecified atom stereocenters. The zero-order valence-electron chi connectivity index (χ0n) is 42.9. The topological polar surface area (TPSA) is 95.9 Å². The number of carbonyl (C=O) groups is 2. The predicted octanol–water partition coefficient (Wildman–Crippen LogP) is 17.2. The Hall–Kier alpha value is -1.92. The summed E-state index contributed by atoms with van der Waals surface area (Å²) in [6.45, 7) is 6.47. The molecule has 6 nitrogen and oxygen atoms in total. The molecular formula is C58H109NO5. The summed E-state index contributed by atoms with van der Waals surface area (Å²) in [6, 6.07) is -0.702. The number of aliphatic hydroxyl groups excluding tert-OH is 2. The van der Waals surface area contributed by atoms with E-state index in [1.165, 1.54) is 180 Å². The second kappa shape index (κ2) is 52.1. The van der Waals surface area contributed by atoms with Crippen molar-refractivity contribution in [2.45, 2.75) is 315 Å². The van der Waals surface area contributed by atoms with E-state index in [4.69, 9.17) is 4.74 Å². The number of amides is 1. The van der Waals surface area contributed by atoms with Crippen LogP contribution in [0.5, 0.6) is 0 Å². The zero-order valence-corrected chi connectivity index (χ0v) is 42.9. The van der Waals surface area contributed by atoms with E-state index in [0.29, 0.717) is 19.3 Å². The average molecular weight is 901 g/mol. The molecule has 0 saturated heterocycles. The number of rotatable bonds is 51. The third-order valence-electron chi connectivity index (χ3n) is 12.9. The van der Waals surface area contributed by atoms with Crippen molar-refractivity contribution in [3.8, 4) is 0 Å². The van der Waals surface area contributed by atoms with Crippen molar-refractivity contribution in [2.75, 3.05) is 6.61 Å². The van der Waals surface area contributed by atoms with Gasteiger partial charge < -0.3 is 20.3 Å². The van der Waals surface area contributed by atoms with Crippen molar-refractivity contribution < 1.29 is 24.5 Å². The Kier molecular flexibility index (Phi) is 50.5. The Bertz CT molecular complexity index is 1060. The highest BCUT2D eigenvalue weighted by Crippen LogP contribution is 2.18. The van der Waals surface area contributed by atoms with Gasteiger partial charge in [-0.25, -0.2) is 0 Å². The lowest BCUT2D eigenvalue weighted by Crippen LogP contribution is -2.46. The second-order valence-electron chi connectivity index (χ2n) is 19.3. The average Bonchev–Trinajstić information content (AvgIpc) is 3.29. The highest BCUT2D eigenvalue weighted by molar-refractivity contribution is 5.77. The molecule has 1 amide bonds. The molecule has 0 aromatic rings. The Morgan fingerprint density at radius 1 is 0.453 bits per heavy atom. The molecule has 0 saturated carbocycles. The molecule has 0 aliphatic rings. The van der Waals surface area contributed by atoms with Gasteiger partial charge in [-0.15, -0.1) is 0 Å². The second-order valence-corrected chi connectivity index (χ2v) is 19.3. The molecule has 0 rings (SSSR count). The van der Waals surface area contributed by atoms with Gasteiger partial charge in [0.2, 0.25) is 5.91 Å². The number of nitrogens with one attached hydrogen (secondary N) is 1. The summed E-state index contributed by atoms with van der Waals surface area (Å²) < 4.78 is 5.96. The monoisotopic (exact) mass is 900 g/mol. The number of hydrogen-bond donors (Lipinski definition) is 3. The molecule has 0 aromatic heterocycles. The molecule has 3 atom stereocenters. The van der Waals surface area contributed by atoms with Gasteiger partial charge in [0.25, 0.3) is 0 Å². The highest BCUT2D eigenvalue weighted by Gasteiger charge is 2.24. The molecule has 0 radical (unpaired) electrons. The van der Waals surface area contributed by atoms with Gasteiger partial charge in [0.05, 0.1) is 25.2 Å². The molecule has 0 aromatic carbocycles. The van der Waals surface area contributed by atoms with Crippen LogP contribution in [0.25, 0.3) is 0 Å². The van der Waals surface area contributed by atoms with E-state index in [-0.39, 0.29) is 24.9 Å². The minimum Gasteiger partial charge on any atom is -0.462 e. The Morgan fingerprint density at radius 2 is 0.797 bits per heavy atom. The van der Waals surface area contributed by atoms with Crippen LogP contribution in [-0.4, -0.2) is 46.9 Å². The van der Waals surface area contributed by atoms with Crippen LogP contribution in [0.1, 0.15) is 297 Å². The third-order valence-corrected chi connectivity index (χ3v) is 12.9. The number of carbonyl (C=O) groups excluding carboxylic acids is 2. The van der Waals surface area contributed by atoms with Crippen LogP contribution in [0.15, 0.2) is 36.5 Å². The maximum absolute atomic E-state index is 13.2. The Balaban J connectivity index is 4.53. The Morgan fingerprint density at radius 3 is 1.23 bits per heavy atom. The van der Waals surface area contributed by atoms with Crippen LogP contribution in [0.4, 0.5) is 0 Å². The van der Waals surface area contributed by atoms with E-state index in [9.17, 15) is 19.8 Å². The first kappa shape index (κ1) is 62.1. The first-order valence-electron chi connectivity index (χ1n) is 28.2. The normalized spacial score (nSPS) is 13.4. The fourth-order valence-electron chi connectivity index (χ4n) is 8.63. The first-order chi connectivity index (χ1) is 31.5. The van der Waals surface area contributed by atoms with Gasteiger partial charge in [-0.2, -0.15) is 0 Å². The minimum absolute atomic E-state index is 0.0730. The number of ether oxygens (including phenoxy) is 1. The molecule has 3 N–H and O–H groups in total. The van der Waals surface area contributed by atoms with Crippen LogP contribution in [0.3, 0.4) is 0 Å². The van der Waals surface area contributed by atoms with Crippen molar-refractivity contribution in [3.05, 3.63) is 36.5 Å². The van der Waals surface area contributed by atoms with E-state index in [0.717, 1.165) is 70.6 Å². The maximum atomic E-state index is 13.2. The van der Waals surface area contributed by atoms with Gasteiger partial charge >= 0.3 is 5.97 Å². The van der Waals surface area contributed by atoms with E-state index in [1.54, 1.807) is 0 Å². The first-order valence-corrected chi connectivity index (χ1v) is 28.2. The van der Waals surface area contributed by atoms with Crippen molar-refractivity contribution in [2.24, 2.45) is 0 Å². The molecule has 0 heterocycles. The van der Waals surface area contributed by atoms with Gasteiger partial charge in [0, 0.05) is 6.42 Å². The van der Waals surface area contributed by atoms with Crippen LogP contribution in [0.2, 0.25) is 0 Å². The Labute approximate surface area is 398 Å². The van der Waals surface area contributed by atoms with E-state index in [2.05, 4.69) is 62.5 Å². The lowest BCUT2D eigenvalue weighted by molar-refractivity contribution is -0.151. The number of unbranched alkanes of at least 4 members (excludes halogenated alkanes) is 33. The van der Waals surface area contributed by atoms with Gasteiger partial charge in [-0.1, -0.05) is 237 Å². The van der Waals surface area contributed by atoms with Gasteiger partial charge in [0.15, 0.2) is 0 Å². The molecular weight excluding hydrogens is 791 g/mol. The third kappa shape index (κ3) is 46.6. The maximum Gasteiger partial charge on any atom is 0.306 e. The van der Waals surface area contributed by atoms with E-state index in [1.807, 2.05) is 0 Å². The fourth-order valence-corrected chi connectivity index (χ4v) is 8.63. The van der Waals surface area contributed by atoms with E-state index < -0.39 is 18.2 Å². The quantitative estimate of drug-likeness (QED) is 0.0321. The van der Waals surface area contributed by atoms with Crippen LogP contribution >= 0.6 is 0 Å². The molecule has 0 fully saturated rings. The van der Waals surface area contributed by atoms with Crippen molar-refractivity contribution >= 4 is 11.9 Å². The SMILES string of the molecule is CCCCC/C=C\C/C=C\CCCCCCCCCCCC(=O)OC(CCCCCCC/C=C/CCCCCCCC)CC(=O)NC(CO)C(O)CCCCCCCCCCCCC. The van der Waals surface area contributed by atoms with Crippen molar-refractivity contribution in [3.63, 3.8) is 0 Å². The number of aliphatic hydroxyl groups is 2. The molecule has 0 aliphatic carbocycles. The molecule has 0 spiro atoms. The predicted molar refractivity (Wildman–Crippen MR) is 278 cm³/mol. The van der Waals surface area contributed by atoms with Gasteiger partial charge in [-0.05, 0) is 83.5 Å². The fraction of sp³-hybridized carbons (Fsp3) is 0.862. The van der Waals surface area contributed by atoms with Crippen molar-refractivity contribution in [1.29, 1.82) is 0 Å². The van der Waals surface area contributed by atoms with Crippen molar-refractivity contribution in [1.82, 2.24) is 5.32 Å². The molecule has 0 bridgehead atoms. The lowest BCUT2D eigenvalue weighted by atomic mass is 10.0. The highest BCUT2D eigenvalue weighted by atomic mass is 16.5. The van der Waals surface area contributed by atoms with Crippen LogP contribution in [-0.2, 0) is 14.3 Å². The number of esters is 1. The molecule has 376 valence electrons. The van der Waals surface area contributed by atoms with E-state index >= 15 is 0 Å². The lowest BCUT2D eigenvalue weighted by Gasteiger charge is -2.24. The minimum atomic E-state index is -0.788. The summed E-state index contributed by atoms with van der Waals surface area (Å²) in [6.07, 6.45) is 62.1. The molecule has 6 heteroatoms. The largest absolute Gasteiger partial charge is 0.462 e. The summed E-state index contributed by atoms with van der Waals surface area (Å²) >= 11 is 0. The smallest absolute Gasteiger partial charge is 0.306 e. The number of hydrogen-bond acceptors (Lipinski definition) is 5. The van der Waals surface area contributed by atoms with Gasteiger partial charge in [0.1, 0.15) is 6.10 Å². The summed E-state index contributed by atoms with van der Waals surface area (Å²) in [5.41, 5.74) is 0. The molecule has 0 aliphatic heterocycles. The van der Waals surface area contributed by atoms with Gasteiger partial charge in [-0.3, -0.25) is 9.59 Å². The number of allylic oxidation sites excluding steroid dienone is 6.